The van der Waals surface area contributed by atoms with Crippen molar-refractivity contribution < 1.29 is 9.53 Å². The van der Waals surface area contributed by atoms with Gasteiger partial charge in [0.2, 0.25) is 5.91 Å². The lowest BCUT2D eigenvalue weighted by Crippen LogP contribution is -2.57. The van der Waals surface area contributed by atoms with Crippen LogP contribution in [-0.4, -0.2) is 65.2 Å². The van der Waals surface area contributed by atoms with E-state index in [0.29, 0.717) is 50.0 Å². The maximum Gasteiger partial charge on any atom is 0.225 e. The Bertz CT molecular complexity index is 1410. The highest BCUT2D eigenvalue weighted by Gasteiger charge is 2.35. The molecule has 1 amide bonds. The van der Waals surface area contributed by atoms with Crippen LogP contribution in [0.4, 0.5) is 5.82 Å². The van der Waals surface area contributed by atoms with Gasteiger partial charge in [-0.3, -0.25) is 4.79 Å². The average Bonchev–Trinajstić information content (AvgIpc) is 3.79. The van der Waals surface area contributed by atoms with Gasteiger partial charge in [0, 0.05) is 49.8 Å². The normalized spacial score (nSPS) is 17.6. The van der Waals surface area contributed by atoms with E-state index >= 15 is 0 Å². The second-order valence-corrected chi connectivity index (χ2v) is 10.4. The maximum absolute atomic E-state index is 12.9. The van der Waals surface area contributed by atoms with Gasteiger partial charge in [0.05, 0.1) is 35.8 Å². The topological polar surface area (TPSA) is 95.2 Å². The Morgan fingerprint density at radius 2 is 2.08 bits per heavy atom. The van der Waals surface area contributed by atoms with Crippen molar-refractivity contribution in [1.29, 1.82) is 5.26 Å². The minimum Gasteiger partial charge on any atom is -0.384 e. The highest BCUT2D eigenvalue weighted by molar-refractivity contribution is 5.95. The van der Waals surface area contributed by atoms with Gasteiger partial charge in [-0.15, -0.1) is 0 Å². The summed E-state index contributed by atoms with van der Waals surface area (Å²) in [5.41, 5.74) is 4.38. The lowest BCUT2D eigenvalue weighted by atomic mass is 9.95. The van der Waals surface area contributed by atoms with Gasteiger partial charge >= 0.3 is 0 Å². The molecule has 0 radical (unpaired) electrons. The smallest absolute Gasteiger partial charge is 0.225 e. The Morgan fingerprint density at radius 3 is 2.76 bits per heavy atom. The van der Waals surface area contributed by atoms with Gasteiger partial charge in [-0.1, -0.05) is 32.6 Å². The molecular formula is C30H34N6O2. The molecule has 0 spiro atoms. The molecule has 2 aromatic heterocycles. The predicted molar refractivity (Wildman–Crippen MR) is 149 cm³/mol. The van der Waals surface area contributed by atoms with Gasteiger partial charge in [-0.2, -0.15) is 5.26 Å². The molecule has 8 nitrogen and oxygen atoms in total. The second-order valence-electron chi connectivity index (χ2n) is 10.4. The van der Waals surface area contributed by atoms with Crippen molar-refractivity contribution in [2.24, 2.45) is 5.92 Å². The average molecular weight is 511 g/mol. The standard InChI is InChI=1S/C30H34N6O2/c1-5-27-32-17-24-22(7-6-8-25(24)33-27)23-15-21(16-31)30(34-29(23)20-9-10-20)35-12-13-36(26(18-35)19(2)3)28(37)11-14-38-4/h5-8,15,17,19-20,26H,1,9-14,18H2,2-4H3. The van der Waals surface area contributed by atoms with Gasteiger partial charge in [0.25, 0.3) is 0 Å². The summed E-state index contributed by atoms with van der Waals surface area (Å²) in [6.07, 6.45) is 6.03. The van der Waals surface area contributed by atoms with Crippen LogP contribution in [0.25, 0.3) is 28.1 Å². The number of carbonyl (C=O) groups is 1. The summed E-state index contributed by atoms with van der Waals surface area (Å²) in [7, 11) is 1.62. The number of hydrogen-bond acceptors (Lipinski definition) is 7. The molecule has 8 heteroatoms. The lowest BCUT2D eigenvalue weighted by Gasteiger charge is -2.44. The number of benzene rings is 1. The molecule has 5 rings (SSSR count). The number of methoxy groups -OCH3 is 1. The molecule has 0 N–H and O–H groups in total. The Hall–Kier alpha value is -3.83. The molecule has 1 unspecified atom stereocenters. The summed E-state index contributed by atoms with van der Waals surface area (Å²) in [6.45, 7) is 10.4. The number of nitriles is 1. The molecular weight excluding hydrogens is 476 g/mol. The van der Waals surface area contributed by atoms with E-state index < -0.39 is 0 Å². The van der Waals surface area contributed by atoms with Crippen LogP contribution in [0, 0.1) is 17.2 Å². The van der Waals surface area contributed by atoms with Crippen molar-refractivity contribution >= 4 is 28.7 Å². The van der Waals surface area contributed by atoms with Crippen LogP contribution in [0.15, 0.2) is 37.0 Å². The molecule has 1 aromatic carbocycles. The SMILES string of the molecule is C=Cc1ncc2c(-c3cc(C#N)c(N4CCN(C(=O)CCOC)C(C(C)C)C4)nc3C3CC3)cccc2n1. The number of aromatic nitrogens is 3. The lowest BCUT2D eigenvalue weighted by molar-refractivity contribution is -0.135. The Kier molecular flexibility index (Phi) is 7.39. The first-order chi connectivity index (χ1) is 18.4. The minimum atomic E-state index is 0.0415. The monoisotopic (exact) mass is 510 g/mol. The van der Waals surface area contributed by atoms with E-state index in [0.717, 1.165) is 46.4 Å². The maximum atomic E-state index is 12.9. The summed E-state index contributed by atoms with van der Waals surface area (Å²) in [5.74, 6) is 2.07. The fourth-order valence-electron chi connectivity index (χ4n) is 5.34. The third kappa shape index (κ3) is 4.99. The van der Waals surface area contributed by atoms with Crippen LogP contribution in [-0.2, 0) is 9.53 Å². The third-order valence-corrected chi connectivity index (χ3v) is 7.56. The van der Waals surface area contributed by atoms with Crippen LogP contribution >= 0.6 is 0 Å². The van der Waals surface area contributed by atoms with Gasteiger partial charge in [-0.05, 0) is 42.5 Å². The Balaban J connectivity index is 1.54. The molecule has 2 aliphatic rings. The number of ether oxygens (including phenoxy) is 1. The molecule has 1 atom stereocenters. The molecule has 1 aliphatic heterocycles. The zero-order chi connectivity index (χ0) is 26.8. The van der Waals surface area contributed by atoms with Crippen LogP contribution in [0.5, 0.6) is 0 Å². The molecule has 1 saturated heterocycles. The molecule has 1 aliphatic carbocycles. The van der Waals surface area contributed by atoms with Crippen LogP contribution in [0.3, 0.4) is 0 Å². The number of rotatable bonds is 8. The molecule has 0 bridgehead atoms. The van der Waals surface area contributed by atoms with E-state index in [1.54, 1.807) is 13.2 Å². The van der Waals surface area contributed by atoms with E-state index in [-0.39, 0.29) is 17.9 Å². The number of hydrogen-bond donors (Lipinski definition) is 0. The molecule has 2 fully saturated rings. The second kappa shape index (κ2) is 10.9. The Labute approximate surface area is 224 Å². The number of nitrogens with zero attached hydrogens (tertiary/aromatic N) is 6. The summed E-state index contributed by atoms with van der Waals surface area (Å²) < 4.78 is 5.13. The van der Waals surface area contributed by atoms with Crippen molar-refractivity contribution in [3.8, 4) is 17.2 Å². The molecule has 3 heterocycles. The fraction of sp³-hybridized carbons (Fsp3) is 0.433. The minimum absolute atomic E-state index is 0.0415. The number of amides is 1. The number of piperazine rings is 1. The van der Waals surface area contributed by atoms with Crippen LogP contribution in [0.1, 0.15) is 56.1 Å². The number of anilines is 1. The first-order valence-electron chi connectivity index (χ1n) is 13.3. The predicted octanol–water partition coefficient (Wildman–Crippen LogP) is 4.79. The van der Waals surface area contributed by atoms with E-state index in [1.165, 1.54) is 0 Å². The van der Waals surface area contributed by atoms with Crippen molar-refractivity contribution in [3.05, 3.63) is 54.1 Å². The summed E-state index contributed by atoms with van der Waals surface area (Å²) in [4.78, 5) is 31.3. The van der Waals surface area contributed by atoms with E-state index in [9.17, 15) is 10.1 Å². The first-order valence-corrected chi connectivity index (χ1v) is 13.3. The van der Waals surface area contributed by atoms with Gasteiger partial charge < -0.3 is 14.5 Å². The van der Waals surface area contributed by atoms with Gasteiger partial charge in [-0.25, -0.2) is 15.0 Å². The van der Waals surface area contributed by atoms with Crippen molar-refractivity contribution in [2.75, 3.05) is 38.3 Å². The molecule has 1 saturated carbocycles. The highest BCUT2D eigenvalue weighted by atomic mass is 16.5. The number of fused-ring (bicyclic) bond motifs is 1. The van der Waals surface area contributed by atoms with Crippen molar-refractivity contribution in [2.45, 2.75) is 45.1 Å². The van der Waals surface area contributed by atoms with Crippen molar-refractivity contribution in [3.63, 3.8) is 0 Å². The third-order valence-electron chi connectivity index (χ3n) is 7.56. The summed E-state index contributed by atoms with van der Waals surface area (Å²) in [5, 5.41) is 11.2. The zero-order valence-corrected chi connectivity index (χ0v) is 22.4. The van der Waals surface area contributed by atoms with Crippen LogP contribution < -0.4 is 4.90 Å². The first kappa shape index (κ1) is 25.8. The van der Waals surface area contributed by atoms with E-state index in [1.807, 2.05) is 29.3 Å². The molecule has 196 valence electrons. The summed E-state index contributed by atoms with van der Waals surface area (Å²) in [6, 6.07) is 10.5. The zero-order valence-electron chi connectivity index (χ0n) is 22.4. The van der Waals surface area contributed by atoms with Gasteiger partial charge in [0.1, 0.15) is 11.9 Å². The Morgan fingerprint density at radius 1 is 1.26 bits per heavy atom. The van der Waals surface area contributed by atoms with Crippen molar-refractivity contribution in [1.82, 2.24) is 19.9 Å². The highest BCUT2D eigenvalue weighted by Crippen LogP contribution is 2.46. The van der Waals surface area contributed by atoms with E-state index in [2.05, 4.69) is 47.4 Å². The number of pyridine rings is 1. The van der Waals surface area contributed by atoms with Gasteiger partial charge in [0.15, 0.2) is 5.82 Å². The van der Waals surface area contributed by atoms with E-state index in [4.69, 9.17) is 9.72 Å². The fourth-order valence-corrected chi connectivity index (χ4v) is 5.34. The summed E-state index contributed by atoms with van der Waals surface area (Å²) >= 11 is 0. The molecule has 38 heavy (non-hydrogen) atoms. The van der Waals surface area contributed by atoms with Crippen LogP contribution in [0.2, 0.25) is 0 Å². The quantitative estimate of drug-likeness (QED) is 0.430. The molecule has 3 aromatic rings. The number of carbonyl (C=O) groups excluding carboxylic acids is 1. The largest absolute Gasteiger partial charge is 0.384 e.